The van der Waals surface area contributed by atoms with Crippen LogP contribution in [0.25, 0.3) is 0 Å². The first-order valence-electron chi connectivity index (χ1n) is 5.83. The highest BCUT2D eigenvalue weighted by molar-refractivity contribution is 5.84. The zero-order chi connectivity index (χ0) is 9.97. The molecule has 0 heterocycles. The lowest BCUT2D eigenvalue weighted by Gasteiger charge is -2.40. The summed E-state index contributed by atoms with van der Waals surface area (Å²) in [5, 5.41) is 10.5. The molecule has 2 nitrogen and oxygen atoms in total. The van der Waals surface area contributed by atoms with Gasteiger partial charge in [0, 0.05) is 11.3 Å². The van der Waals surface area contributed by atoms with Crippen molar-refractivity contribution in [2.24, 2.45) is 17.3 Å². The van der Waals surface area contributed by atoms with Gasteiger partial charge in [0.25, 0.3) is 0 Å². The van der Waals surface area contributed by atoms with Crippen molar-refractivity contribution >= 4 is 5.78 Å². The standard InChI is InChI=1S/C12H18O2/c1-8(13)12-5-2-3-10(12)11(14)6-4-9(12)7-11/h9-10,14H,2-7H2,1H3. The molecule has 0 spiro atoms. The average molecular weight is 194 g/mol. The van der Waals surface area contributed by atoms with Gasteiger partial charge in [-0.2, -0.15) is 0 Å². The van der Waals surface area contributed by atoms with Gasteiger partial charge in [0.05, 0.1) is 5.60 Å². The third-order valence-corrected chi connectivity index (χ3v) is 5.26. The van der Waals surface area contributed by atoms with Gasteiger partial charge in [-0.25, -0.2) is 0 Å². The fourth-order valence-electron chi connectivity index (χ4n) is 4.79. The van der Waals surface area contributed by atoms with Crippen LogP contribution in [0.3, 0.4) is 0 Å². The molecule has 78 valence electrons. The molecule has 1 N–H and O–H groups in total. The number of hydrogen-bond acceptors (Lipinski definition) is 2. The molecule has 14 heavy (non-hydrogen) atoms. The van der Waals surface area contributed by atoms with Crippen molar-refractivity contribution in [1.82, 2.24) is 0 Å². The molecule has 0 aromatic carbocycles. The van der Waals surface area contributed by atoms with Gasteiger partial charge in [-0.05, 0) is 44.9 Å². The minimum atomic E-state index is -0.465. The van der Waals surface area contributed by atoms with Crippen LogP contribution >= 0.6 is 0 Å². The molecule has 3 rings (SSSR count). The Hall–Kier alpha value is -0.370. The summed E-state index contributed by atoms with van der Waals surface area (Å²) in [7, 11) is 0. The van der Waals surface area contributed by atoms with Gasteiger partial charge >= 0.3 is 0 Å². The molecule has 4 atom stereocenters. The first-order valence-corrected chi connectivity index (χ1v) is 5.83. The van der Waals surface area contributed by atoms with Gasteiger partial charge in [-0.15, -0.1) is 0 Å². The Morgan fingerprint density at radius 2 is 2.14 bits per heavy atom. The number of Topliss-reactive ketones (excluding diaryl/α,β-unsaturated/α-hetero) is 1. The van der Waals surface area contributed by atoms with Crippen LogP contribution in [0.5, 0.6) is 0 Å². The zero-order valence-electron chi connectivity index (χ0n) is 8.75. The van der Waals surface area contributed by atoms with Crippen LogP contribution in [0.1, 0.15) is 45.4 Å². The monoisotopic (exact) mass is 194 g/mol. The Kier molecular flexibility index (Phi) is 1.53. The summed E-state index contributed by atoms with van der Waals surface area (Å²) in [6.07, 6.45) is 6.18. The molecule has 0 aromatic heterocycles. The highest BCUT2D eigenvalue weighted by Gasteiger charge is 2.68. The van der Waals surface area contributed by atoms with Gasteiger partial charge in [0.2, 0.25) is 0 Å². The number of aliphatic hydroxyl groups is 1. The first kappa shape index (κ1) is 8.90. The SMILES string of the molecule is CC(=O)C12CCCC1C1(O)CCC2C1. The van der Waals surface area contributed by atoms with E-state index in [-0.39, 0.29) is 5.41 Å². The number of rotatable bonds is 1. The fourth-order valence-corrected chi connectivity index (χ4v) is 4.79. The van der Waals surface area contributed by atoms with Crippen LogP contribution in [0.2, 0.25) is 0 Å². The van der Waals surface area contributed by atoms with E-state index in [1.807, 2.05) is 0 Å². The molecule has 0 radical (unpaired) electrons. The molecular formula is C12H18O2. The molecule has 3 aliphatic carbocycles. The van der Waals surface area contributed by atoms with E-state index < -0.39 is 5.60 Å². The van der Waals surface area contributed by atoms with E-state index in [2.05, 4.69) is 0 Å². The molecule has 0 amide bonds. The van der Waals surface area contributed by atoms with E-state index in [1.54, 1.807) is 6.92 Å². The summed E-state index contributed by atoms with van der Waals surface area (Å²) < 4.78 is 0. The fraction of sp³-hybridized carbons (Fsp3) is 0.917. The van der Waals surface area contributed by atoms with E-state index in [4.69, 9.17) is 0 Å². The first-order chi connectivity index (χ1) is 6.59. The van der Waals surface area contributed by atoms with E-state index in [9.17, 15) is 9.90 Å². The average Bonchev–Trinajstić information content (AvgIpc) is 2.70. The van der Waals surface area contributed by atoms with Crippen molar-refractivity contribution in [1.29, 1.82) is 0 Å². The number of carbonyl (C=O) groups is 1. The van der Waals surface area contributed by atoms with Crippen molar-refractivity contribution in [3.8, 4) is 0 Å². The van der Waals surface area contributed by atoms with Crippen LogP contribution in [0.15, 0.2) is 0 Å². The highest BCUT2D eigenvalue weighted by Crippen LogP contribution is 2.68. The summed E-state index contributed by atoms with van der Waals surface area (Å²) in [6.45, 7) is 1.74. The minimum Gasteiger partial charge on any atom is -0.390 e. The predicted octanol–water partition coefficient (Wildman–Crippen LogP) is 1.91. The molecule has 2 heteroatoms. The van der Waals surface area contributed by atoms with Gasteiger partial charge in [0.1, 0.15) is 5.78 Å². The summed E-state index contributed by atoms with van der Waals surface area (Å²) in [4.78, 5) is 11.9. The van der Waals surface area contributed by atoms with E-state index in [0.717, 1.165) is 38.5 Å². The van der Waals surface area contributed by atoms with Gasteiger partial charge in [0.15, 0.2) is 0 Å². The highest BCUT2D eigenvalue weighted by atomic mass is 16.3. The summed E-state index contributed by atoms with van der Waals surface area (Å²) in [5.41, 5.74) is -0.570. The van der Waals surface area contributed by atoms with Crippen molar-refractivity contribution in [3.05, 3.63) is 0 Å². The summed E-state index contributed by atoms with van der Waals surface area (Å²) >= 11 is 0. The number of fused-ring (bicyclic) bond motifs is 5. The Labute approximate surface area is 84.7 Å². The Balaban J connectivity index is 2.09. The molecular weight excluding hydrogens is 176 g/mol. The lowest BCUT2D eigenvalue weighted by Crippen LogP contribution is -2.44. The molecule has 0 aromatic rings. The minimum absolute atomic E-state index is 0.104. The van der Waals surface area contributed by atoms with Gasteiger partial charge in [-0.3, -0.25) is 4.79 Å². The van der Waals surface area contributed by atoms with Crippen molar-refractivity contribution in [2.45, 2.75) is 51.0 Å². The quantitative estimate of drug-likeness (QED) is 0.692. The van der Waals surface area contributed by atoms with E-state index >= 15 is 0 Å². The van der Waals surface area contributed by atoms with Crippen LogP contribution in [-0.4, -0.2) is 16.5 Å². The molecule has 3 saturated carbocycles. The molecule has 4 unspecified atom stereocenters. The molecule has 0 aliphatic heterocycles. The maximum Gasteiger partial charge on any atom is 0.136 e. The molecule has 3 fully saturated rings. The summed E-state index contributed by atoms with van der Waals surface area (Å²) in [6, 6.07) is 0. The smallest absolute Gasteiger partial charge is 0.136 e. The third-order valence-electron chi connectivity index (χ3n) is 5.26. The Bertz CT molecular complexity index is 299. The van der Waals surface area contributed by atoms with Crippen molar-refractivity contribution in [2.75, 3.05) is 0 Å². The normalized spacial score (nSPS) is 55.0. The Morgan fingerprint density at radius 3 is 2.79 bits per heavy atom. The maximum atomic E-state index is 11.9. The van der Waals surface area contributed by atoms with E-state index in [1.165, 1.54) is 0 Å². The van der Waals surface area contributed by atoms with Crippen molar-refractivity contribution in [3.63, 3.8) is 0 Å². The second kappa shape index (κ2) is 2.41. The number of carbonyl (C=O) groups excluding carboxylic acids is 1. The zero-order valence-corrected chi connectivity index (χ0v) is 8.75. The Morgan fingerprint density at radius 1 is 1.36 bits per heavy atom. The predicted molar refractivity (Wildman–Crippen MR) is 52.7 cm³/mol. The number of ketones is 1. The van der Waals surface area contributed by atoms with Crippen LogP contribution in [0.4, 0.5) is 0 Å². The van der Waals surface area contributed by atoms with Crippen molar-refractivity contribution < 1.29 is 9.90 Å². The second-order valence-electron chi connectivity index (χ2n) is 5.58. The number of hydrogen-bond donors (Lipinski definition) is 1. The third kappa shape index (κ3) is 0.758. The van der Waals surface area contributed by atoms with Gasteiger partial charge < -0.3 is 5.11 Å². The largest absolute Gasteiger partial charge is 0.390 e. The molecule has 3 aliphatic rings. The second-order valence-corrected chi connectivity index (χ2v) is 5.58. The summed E-state index contributed by atoms with van der Waals surface area (Å²) in [5.74, 6) is 1.14. The maximum absolute atomic E-state index is 11.9. The lowest BCUT2D eigenvalue weighted by atomic mass is 9.65. The molecule has 2 bridgehead atoms. The van der Waals surface area contributed by atoms with E-state index in [0.29, 0.717) is 17.6 Å². The topological polar surface area (TPSA) is 37.3 Å². The van der Waals surface area contributed by atoms with Crippen LogP contribution in [-0.2, 0) is 4.79 Å². The van der Waals surface area contributed by atoms with Crippen LogP contribution < -0.4 is 0 Å². The van der Waals surface area contributed by atoms with Crippen LogP contribution in [0, 0.1) is 17.3 Å². The van der Waals surface area contributed by atoms with Gasteiger partial charge in [-0.1, -0.05) is 6.42 Å². The molecule has 0 saturated heterocycles. The lowest BCUT2D eigenvalue weighted by molar-refractivity contribution is -0.135.